The van der Waals surface area contributed by atoms with Crippen LogP contribution in [0.2, 0.25) is 0 Å². The molecule has 27 heavy (non-hydrogen) atoms. The van der Waals surface area contributed by atoms with Gasteiger partial charge in [-0.3, -0.25) is 14.9 Å². The Morgan fingerprint density at radius 2 is 1.96 bits per heavy atom. The second kappa shape index (κ2) is 9.84. The number of rotatable bonds is 6. The van der Waals surface area contributed by atoms with Gasteiger partial charge in [-0.1, -0.05) is 18.2 Å². The van der Waals surface area contributed by atoms with Gasteiger partial charge in [-0.15, -0.1) is 6.58 Å². The number of anilines is 1. The van der Waals surface area contributed by atoms with Gasteiger partial charge in [0.1, 0.15) is 5.75 Å². The van der Waals surface area contributed by atoms with E-state index in [1.165, 1.54) is 0 Å². The first kappa shape index (κ1) is 20.6. The number of methoxy groups -OCH3 is 1. The highest BCUT2D eigenvalue weighted by Gasteiger charge is 2.14. The van der Waals surface area contributed by atoms with Crippen molar-refractivity contribution in [3.8, 4) is 5.75 Å². The first-order chi connectivity index (χ1) is 13.0. The highest BCUT2D eigenvalue weighted by Crippen LogP contribution is 2.25. The Labute approximate surface area is 171 Å². The van der Waals surface area contributed by atoms with Gasteiger partial charge in [0, 0.05) is 12.1 Å². The SMILES string of the molecule is C=CCNC(=O)c1ccccc1NC(=S)NC(=O)c1ccc(OC)c(Br)c1. The molecule has 140 valence electrons. The van der Waals surface area contributed by atoms with Gasteiger partial charge in [0.25, 0.3) is 11.8 Å². The Bertz CT molecular complexity index is 886. The van der Waals surface area contributed by atoms with Crippen LogP contribution in [0, 0.1) is 0 Å². The molecule has 2 rings (SSSR count). The maximum atomic E-state index is 12.4. The standard InChI is InChI=1S/C19H18BrN3O3S/c1-3-10-21-18(25)13-6-4-5-7-15(13)22-19(27)23-17(24)12-8-9-16(26-2)14(20)11-12/h3-9,11H,1,10H2,2H3,(H,21,25)(H2,22,23,24,27). The third-order valence-electron chi connectivity index (χ3n) is 3.47. The fourth-order valence-electron chi connectivity index (χ4n) is 2.19. The molecular weight excluding hydrogens is 430 g/mol. The molecule has 8 heteroatoms. The third-order valence-corrected chi connectivity index (χ3v) is 4.29. The van der Waals surface area contributed by atoms with Crippen molar-refractivity contribution in [3.63, 3.8) is 0 Å². The van der Waals surface area contributed by atoms with Crippen LogP contribution >= 0.6 is 28.1 Å². The fraction of sp³-hybridized carbons (Fsp3) is 0.105. The van der Waals surface area contributed by atoms with E-state index >= 15 is 0 Å². The number of carbonyl (C=O) groups is 2. The summed E-state index contributed by atoms with van der Waals surface area (Å²) >= 11 is 8.54. The minimum Gasteiger partial charge on any atom is -0.496 e. The van der Waals surface area contributed by atoms with Gasteiger partial charge in [-0.25, -0.2) is 0 Å². The van der Waals surface area contributed by atoms with E-state index in [-0.39, 0.29) is 16.9 Å². The Balaban J connectivity index is 2.07. The molecule has 0 aliphatic rings. The summed E-state index contributed by atoms with van der Waals surface area (Å²) in [6.45, 7) is 3.91. The quantitative estimate of drug-likeness (QED) is 0.466. The fourth-order valence-corrected chi connectivity index (χ4v) is 2.93. The molecule has 0 heterocycles. The Morgan fingerprint density at radius 3 is 2.63 bits per heavy atom. The predicted molar refractivity (Wildman–Crippen MR) is 113 cm³/mol. The molecule has 0 aliphatic heterocycles. The number of thiocarbonyl (C=S) groups is 1. The molecule has 0 aliphatic carbocycles. The number of para-hydroxylation sites is 1. The highest BCUT2D eigenvalue weighted by molar-refractivity contribution is 9.10. The summed E-state index contributed by atoms with van der Waals surface area (Å²) in [5.41, 5.74) is 1.30. The lowest BCUT2D eigenvalue weighted by atomic mass is 10.1. The van der Waals surface area contributed by atoms with Crippen LogP contribution in [0.1, 0.15) is 20.7 Å². The van der Waals surface area contributed by atoms with E-state index in [4.69, 9.17) is 17.0 Å². The molecule has 0 saturated carbocycles. The molecule has 0 bridgehead atoms. The Hall–Kier alpha value is -2.71. The second-order valence-corrected chi connectivity index (χ2v) is 6.56. The number of amides is 2. The zero-order valence-electron chi connectivity index (χ0n) is 14.5. The van der Waals surface area contributed by atoms with Crippen molar-refractivity contribution in [1.82, 2.24) is 10.6 Å². The van der Waals surface area contributed by atoms with Gasteiger partial charge in [-0.05, 0) is 58.5 Å². The molecule has 0 fully saturated rings. The van der Waals surface area contributed by atoms with Crippen molar-refractivity contribution in [2.45, 2.75) is 0 Å². The maximum Gasteiger partial charge on any atom is 0.257 e. The topological polar surface area (TPSA) is 79.5 Å². The first-order valence-corrected chi connectivity index (χ1v) is 9.10. The van der Waals surface area contributed by atoms with Crippen molar-refractivity contribution >= 4 is 50.8 Å². The van der Waals surface area contributed by atoms with E-state index in [9.17, 15) is 9.59 Å². The average molecular weight is 448 g/mol. The van der Waals surface area contributed by atoms with Crippen LogP contribution in [-0.2, 0) is 0 Å². The van der Waals surface area contributed by atoms with E-state index in [1.807, 2.05) is 0 Å². The predicted octanol–water partition coefficient (Wildman–Crippen LogP) is 3.50. The Morgan fingerprint density at radius 1 is 1.22 bits per heavy atom. The van der Waals surface area contributed by atoms with Crippen LogP contribution in [-0.4, -0.2) is 30.6 Å². The smallest absolute Gasteiger partial charge is 0.257 e. The van der Waals surface area contributed by atoms with E-state index in [2.05, 4.69) is 38.5 Å². The summed E-state index contributed by atoms with van der Waals surface area (Å²) in [5.74, 6) is -0.0395. The van der Waals surface area contributed by atoms with Gasteiger partial charge in [-0.2, -0.15) is 0 Å². The van der Waals surface area contributed by atoms with Crippen LogP contribution in [0.4, 0.5) is 5.69 Å². The van der Waals surface area contributed by atoms with Gasteiger partial charge in [0.15, 0.2) is 5.11 Å². The van der Waals surface area contributed by atoms with E-state index in [1.54, 1.807) is 55.7 Å². The van der Waals surface area contributed by atoms with Crippen LogP contribution in [0.5, 0.6) is 5.75 Å². The van der Waals surface area contributed by atoms with Crippen molar-refractivity contribution < 1.29 is 14.3 Å². The molecule has 0 spiro atoms. The molecule has 2 aromatic rings. The van der Waals surface area contributed by atoms with Crippen molar-refractivity contribution in [2.24, 2.45) is 0 Å². The number of carbonyl (C=O) groups excluding carboxylic acids is 2. The van der Waals surface area contributed by atoms with E-state index < -0.39 is 0 Å². The van der Waals surface area contributed by atoms with Gasteiger partial charge in [0.2, 0.25) is 0 Å². The van der Waals surface area contributed by atoms with Crippen LogP contribution in [0.3, 0.4) is 0 Å². The molecule has 2 aromatic carbocycles. The monoisotopic (exact) mass is 447 g/mol. The molecular formula is C19H18BrN3O3S. The number of hydrogen-bond donors (Lipinski definition) is 3. The lowest BCUT2D eigenvalue weighted by Gasteiger charge is -2.13. The largest absolute Gasteiger partial charge is 0.496 e. The zero-order chi connectivity index (χ0) is 19.8. The molecule has 0 saturated heterocycles. The number of halogens is 1. The Kier molecular flexibility index (Phi) is 7.51. The summed E-state index contributed by atoms with van der Waals surface area (Å²) in [5, 5.41) is 8.25. The summed E-state index contributed by atoms with van der Waals surface area (Å²) in [7, 11) is 1.54. The minimum absolute atomic E-state index is 0.0795. The minimum atomic E-state index is -0.385. The summed E-state index contributed by atoms with van der Waals surface area (Å²) < 4.78 is 5.80. The lowest BCUT2D eigenvalue weighted by molar-refractivity contribution is 0.0956. The molecule has 0 unspecified atom stereocenters. The van der Waals surface area contributed by atoms with Gasteiger partial charge >= 0.3 is 0 Å². The normalized spacial score (nSPS) is 9.85. The molecule has 0 atom stereocenters. The van der Waals surface area contributed by atoms with Crippen LogP contribution in [0.15, 0.2) is 59.6 Å². The van der Waals surface area contributed by atoms with Crippen molar-refractivity contribution in [1.29, 1.82) is 0 Å². The molecule has 0 aromatic heterocycles. The van der Waals surface area contributed by atoms with Crippen LogP contribution in [0.25, 0.3) is 0 Å². The molecule has 0 radical (unpaired) electrons. The summed E-state index contributed by atoms with van der Waals surface area (Å²) in [4.78, 5) is 24.6. The van der Waals surface area contributed by atoms with E-state index in [0.29, 0.717) is 33.6 Å². The highest BCUT2D eigenvalue weighted by atomic mass is 79.9. The molecule has 3 N–H and O–H groups in total. The first-order valence-electron chi connectivity index (χ1n) is 7.90. The van der Waals surface area contributed by atoms with Gasteiger partial charge < -0.3 is 15.4 Å². The number of nitrogens with one attached hydrogen (secondary N) is 3. The number of ether oxygens (including phenoxy) is 1. The number of benzene rings is 2. The average Bonchev–Trinajstić information content (AvgIpc) is 2.66. The van der Waals surface area contributed by atoms with E-state index in [0.717, 1.165) is 0 Å². The number of hydrogen-bond acceptors (Lipinski definition) is 4. The second-order valence-electron chi connectivity index (χ2n) is 5.30. The maximum absolute atomic E-state index is 12.4. The van der Waals surface area contributed by atoms with Gasteiger partial charge in [0.05, 0.1) is 22.8 Å². The van der Waals surface area contributed by atoms with Crippen LogP contribution < -0.4 is 20.7 Å². The molecule has 2 amide bonds. The zero-order valence-corrected chi connectivity index (χ0v) is 16.9. The van der Waals surface area contributed by atoms with Crippen molar-refractivity contribution in [2.75, 3.05) is 19.0 Å². The summed E-state index contributed by atoms with van der Waals surface area (Å²) in [6, 6.07) is 11.8. The third kappa shape index (κ3) is 5.63. The van der Waals surface area contributed by atoms with Crippen molar-refractivity contribution in [3.05, 3.63) is 70.7 Å². The molecule has 6 nitrogen and oxygen atoms in total. The lowest BCUT2D eigenvalue weighted by Crippen LogP contribution is -2.35. The summed E-state index contributed by atoms with van der Waals surface area (Å²) in [6.07, 6.45) is 1.59.